The van der Waals surface area contributed by atoms with Crippen molar-refractivity contribution in [3.05, 3.63) is 110 Å². The van der Waals surface area contributed by atoms with Crippen molar-refractivity contribution in [1.82, 2.24) is 14.9 Å². The summed E-state index contributed by atoms with van der Waals surface area (Å²) in [5.74, 6) is -0.242. The van der Waals surface area contributed by atoms with Gasteiger partial charge in [-0.25, -0.2) is 4.98 Å². The Kier molecular flexibility index (Phi) is 5.90. The van der Waals surface area contributed by atoms with Crippen molar-refractivity contribution >= 4 is 38.8 Å². The highest BCUT2D eigenvalue weighted by Gasteiger charge is 2.19. The van der Waals surface area contributed by atoms with E-state index < -0.39 is 0 Å². The first kappa shape index (κ1) is 21.3. The number of nitrogens with zero attached hydrogens (tertiary/aromatic N) is 2. The Morgan fingerprint density at radius 3 is 2.55 bits per heavy atom. The zero-order valence-corrected chi connectivity index (χ0v) is 19.5. The van der Waals surface area contributed by atoms with Crippen LogP contribution in [0.15, 0.2) is 88.6 Å². The lowest BCUT2D eigenvalue weighted by Gasteiger charge is -2.19. The molecular formula is C26H21N3O2S2. The average molecular weight is 472 g/mol. The fraction of sp³-hybridized carbons (Fsp3) is 0.115. The molecule has 3 aromatic heterocycles. The molecule has 0 saturated heterocycles. The molecule has 0 aliphatic heterocycles. The third-order valence-electron chi connectivity index (χ3n) is 5.50. The standard InChI is InChI=1S/C26H21N3O2S2/c1-17-9-11-19(12-10-17)24(21-8-5-13-32-21)28-22(30)14-29-16-27-25-23(26(29)31)20(15-33-25)18-6-3-2-4-7-18/h2-13,15-16,24H,14H2,1H3,(H,28,30)/t24-/m0/s1. The number of carbonyl (C=O) groups is 1. The van der Waals surface area contributed by atoms with E-state index >= 15 is 0 Å². The molecule has 164 valence electrons. The van der Waals surface area contributed by atoms with Gasteiger partial charge < -0.3 is 5.32 Å². The second kappa shape index (κ2) is 9.13. The van der Waals surface area contributed by atoms with Gasteiger partial charge in [-0.2, -0.15) is 0 Å². The Labute approximate surface area is 199 Å². The molecule has 0 radical (unpaired) electrons. The van der Waals surface area contributed by atoms with Crippen LogP contribution in [0.1, 0.15) is 22.0 Å². The molecule has 0 unspecified atom stereocenters. The van der Waals surface area contributed by atoms with Crippen LogP contribution in [0.3, 0.4) is 0 Å². The first-order chi connectivity index (χ1) is 16.1. The second-order valence-electron chi connectivity index (χ2n) is 7.80. The lowest BCUT2D eigenvalue weighted by Crippen LogP contribution is -2.35. The van der Waals surface area contributed by atoms with Crippen LogP contribution in [0, 0.1) is 6.92 Å². The zero-order valence-electron chi connectivity index (χ0n) is 17.9. The number of hydrogen-bond acceptors (Lipinski definition) is 5. The van der Waals surface area contributed by atoms with Gasteiger partial charge in [0.25, 0.3) is 5.56 Å². The van der Waals surface area contributed by atoms with Crippen LogP contribution in [0.4, 0.5) is 0 Å². The minimum atomic E-state index is -0.272. The maximum atomic E-state index is 13.3. The van der Waals surface area contributed by atoms with Crippen LogP contribution < -0.4 is 10.9 Å². The maximum Gasteiger partial charge on any atom is 0.263 e. The molecule has 0 bridgehead atoms. The molecule has 0 aliphatic rings. The van der Waals surface area contributed by atoms with Crippen molar-refractivity contribution in [3.8, 4) is 11.1 Å². The van der Waals surface area contributed by atoms with Crippen LogP contribution in [0.25, 0.3) is 21.3 Å². The summed E-state index contributed by atoms with van der Waals surface area (Å²) in [6.07, 6.45) is 1.46. The lowest BCUT2D eigenvalue weighted by molar-refractivity contribution is -0.122. The molecule has 33 heavy (non-hydrogen) atoms. The summed E-state index contributed by atoms with van der Waals surface area (Å²) in [4.78, 5) is 32.5. The van der Waals surface area contributed by atoms with Gasteiger partial charge in [-0.1, -0.05) is 66.2 Å². The molecule has 7 heteroatoms. The molecule has 0 fully saturated rings. The van der Waals surface area contributed by atoms with Crippen LogP contribution in [-0.2, 0) is 11.3 Å². The number of rotatable bonds is 6. The summed E-state index contributed by atoms with van der Waals surface area (Å²) < 4.78 is 1.39. The van der Waals surface area contributed by atoms with Gasteiger partial charge in [0.15, 0.2) is 0 Å². The van der Waals surface area contributed by atoms with Crippen LogP contribution in [-0.4, -0.2) is 15.5 Å². The van der Waals surface area contributed by atoms with Gasteiger partial charge in [0.2, 0.25) is 5.91 Å². The fourth-order valence-corrected chi connectivity index (χ4v) is 5.51. The van der Waals surface area contributed by atoms with Crippen LogP contribution in [0.5, 0.6) is 0 Å². The molecule has 5 nitrogen and oxygen atoms in total. The predicted octanol–water partition coefficient (Wildman–Crippen LogP) is 5.40. The Bertz CT molecular complexity index is 1450. The average Bonchev–Trinajstić information content (AvgIpc) is 3.51. The van der Waals surface area contributed by atoms with Gasteiger partial charge in [-0.05, 0) is 29.5 Å². The molecule has 0 spiro atoms. The van der Waals surface area contributed by atoms with E-state index in [2.05, 4.69) is 10.3 Å². The Balaban J connectivity index is 1.44. The predicted molar refractivity (Wildman–Crippen MR) is 135 cm³/mol. The number of amides is 1. The first-order valence-electron chi connectivity index (χ1n) is 10.5. The number of benzene rings is 2. The van der Waals surface area contributed by atoms with E-state index in [0.717, 1.165) is 27.1 Å². The zero-order chi connectivity index (χ0) is 22.8. The minimum absolute atomic E-state index is 0.0976. The van der Waals surface area contributed by atoms with Gasteiger partial charge in [-0.3, -0.25) is 14.2 Å². The van der Waals surface area contributed by atoms with E-state index in [-0.39, 0.29) is 24.1 Å². The van der Waals surface area contributed by atoms with Crippen molar-refractivity contribution in [2.75, 3.05) is 0 Å². The summed E-state index contributed by atoms with van der Waals surface area (Å²) >= 11 is 3.02. The first-order valence-corrected chi connectivity index (χ1v) is 12.3. The van der Waals surface area contributed by atoms with Gasteiger partial charge in [0.1, 0.15) is 11.4 Å². The van der Waals surface area contributed by atoms with Gasteiger partial charge in [0.05, 0.1) is 17.8 Å². The summed E-state index contributed by atoms with van der Waals surface area (Å²) in [5.41, 5.74) is 3.76. The van der Waals surface area contributed by atoms with Gasteiger partial charge in [-0.15, -0.1) is 22.7 Å². The monoisotopic (exact) mass is 471 g/mol. The number of fused-ring (bicyclic) bond motifs is 1. The van der Waals surface area contributed by atoms with E-state index in [1.165, 1.54) is 22.2 Å². The van der Waals surface area contributed by atoms with E-state index in [1.54, 1.807) is 11.3 Å². The number of nitrogens with one attached hydrogen (secondary N) is 1. The van der Waals surface area contributed by atoms with Crippen molar-refractivity contribution in [2.45, 2.75) is 19.5 Å². The Hall–Kier alpha value is -3.55. The highest BCUT2D eigenvalue weighted by Crippen LogP contribution is 2.30. The third-order valence-corrected chi connectivity index (χ3v) is 7.33. The van der Waals surface area contributed by atoms with Gasteiger partial charge in [0, 0.05) is 15.8 Å². The molecule has 1 N–H and O–H groups in total. The molecule has 0 aliphatic carbocycles. The van der Waals surface area contributed by atoms with E-state index in [4.69, 9.17) is 0 Å². The van der Waals surface area contributed by atoms with Crippen LogP contribution in [0.2, 0.25) is 0 Å². The SMILES string of the molecule is Cc1ccc([C@H](NC(=O)Cn2cnc3scc(-c4ccccc4)c3c2=O)c2cccs2)cc1. The quantitative estimate of drug-likeness (QED) is 0.361. The molecule has 5 aromatic rings. The molecule has 5 rings (SSSR count). The van der Waals surface area contributed by atoms with Crippen molar-refractivity contribution < 1.29 is 4.79 Å². The molecular weight excluding hydrogens is 450 g/mol. The number of thiophene rings is 2. The number of carbonyl (C=O) groups excluding carboxylic acids is 1. The molecule has 0 saturated carbocycles. The number of hydrogen-bond donors (Lipinski definition) is 1. The molecule has 1 amide bonds. The van der Waals surface area contributed by atoms with Crippen molar-refractivity contribution in [2.24, 2.45) is 0 Å². The van der Waals surface area contributed by atoms with Gasteiger partial charge >= 0.3 is 0 Å². The third kappa shape index (κ3) is 4.37. The van der Waals surface area contributed by atoms with E-state index in [9.17, 15) is 9.59 Å². The summed E-state index contributed by atoms with van der Waals surface area (Å²) in [6, 6.07) is 21.6. The van der Waals surface area contributed by atoms with Crippen molar-refractivity contribution in [3.63, 3.8) is 0 Å². The Morgan fingerprint density at radius 1 is 1.03 bits per heavy atom. The number of aromatic nitrogens is 2. The largest absolute Gasteiger partial charge is 0.343 e. The topological polar surface area (TPSA) is 64.0 Å². The van der Waals surface area contributed by atoms with E-state index in [0.29, 0.717) is 10.2 Å². The maximum absolute atomic E-state index is 13.3. The minimum Gasteiger partial charge on any atom is -0.343 e. The number of aryl methyl sites for hydroxylation is 1. The van der Waals surface area contributed by atoms with E-state index in [1.807, 2.05) is 84.4 Å². The summed E-state index contributed by atoms with van der Waals surface area (Å²) in [5, 5.41) is 7.60. The summed E-state index contributed by atoms with van der Waals surface area (Å²) in [7, 11) is 0. The molecule has 2 aromatic carbocycles. The second-order valence-corrected chi connectivity index (χ2v) is 9.64. The highest BCUT2D eigenvalue weighted by atomic mass is 32.1. The summed E-state index contributed by atoms with van der Waals surface area (Å²) in [6.45, 7) is 1.94. The smallest absolute Gasteiger partial charge is 0.263 e. The van der Waals surface area contributed by atoms with Crippen LogP contribution >= 0.6 is 22.7 Å². The Morgan fingerprint density at radius 2 is 1.82 bits per heavy atom. The lowest BCUT2D eigenvalue weighted by atomic mass is 10.0. The highest BCUT2D eigenvalue weighted by molar-refractivity contribution is 7.17. The molecule has 3 heterocycles. The fourth-order valence-electron chi connectivity index (χ4n) is 3.80. The van der Waals surface area contributed by atoms with Crippen molar-refractivity contribution in [1.29, 1.82) is 0 Å². The normalized spacial score (nSPS) is 12.0. The molecule has 1 atom stereocenters.